The molecular weight excluding hydrogens is 565 g/mol. The Hall–Kier alpha value is -4.46. The third-order valence-corrected chi connectivity index (χ3v) is 7.34. The van der Waals surface area contributed by atoms with E-state index in [1.165, 1.54) is 25.2 Å². The Morgan fingerprint density at radius 2 is 1.46 bits per heavy atom. The summed E-state index contributed by atoms with van der Waals surface area (Å²) in [5.41, 5.74) is 1.97. The van der Waals surface area contributed by atoms with Gasteiger partial charge in [0.05, 0.1) is 36.4 Å². The van der Waals surface area contributed by atoms with Crippen molar-refractivity contribution in [2.75, 3.05) is 19.1 Å². The van der Waals surface area contributed by atoms with Gasteiger partial charge < -0.3 is 19.3 Å². The Morgan fingerprint density at radius 3 is 2.07 bits per heavy atom. The van der Waals surface area contributed by atoms with Gasteiger partial charge in [0, 0.05) is 5.69 Å². The van der Waals surface area contributed by atoms with Crippen LogP contribution in [-0.2, 0) is 16.2 Å². The number of nitrogens with zero attached hydrogens (tertiary/aromatic N) is 1. The van der Waals surface area contributed by atoms with Gasteiger partial charge >= 0.3 is 0 Å². The monoisotopic (exact) mass is 589 g/mol. The number of anilines is 1. The number of hydrogen-bond acceptors (Lipinski definition) is 6. The van der Waals surface area contributed by atoms with E-state index in [0.717, 1.165) is 5.56 Å². The number of amides is 1. The Balaban J connectivity index is 1.62. The number of ketones is 1. The molecule has 1 unspecified atom stereocenters. The number of aliphatic hydroxyl groups excluding tert-OH is 1. The lowest BCUT2D eigenvalue weighted by atomic mass is 9.94. The first-order chi connectivity index (χ1) is 19.8. The number of para-hydroxylation sites is 1. The normalized spacial score (nSPS) is 16.1. The number of Topliss-reactive ketones (excluding diaryl/α,β-unsaturated/α-hetero) is 1. The molecule has 208 valence electrons. The van der Waals surface area contributed by atoms with Crippen LogP contribution in [0.1, 0.15) is 22.7 Å². The van der Waals surface area contributed by atoms with Gasteiger partial charge in [0.2, 0.25) is 0 Å². The minimum Gasteiger partial charge on any atom is -0.507 e. The summed E-state index contributed by atoms with van der Waals surface area (Å²) in [6.07, 6.45) is 0. The maximum Gasteiger partial charge on any atom is 0.300 e. The number of carbonyl (C=O) groups excluding carboxylic acids is 2. The van der Waals surface area contributed by atoms with Crippen molar-refractivity contribution in [1.82, 2.24) is 0 Å². The predicted molar refractivity (Wildman–Crippen MR) is 158 cm³/mol. The molecule has 1 atom stereocenters. The van der Waals surface area contributed by atoms with E-state index in [1.807, 2.05) is 30.3 Å². The van der Waals surface area contributed by atoms with Gasteiger partial charge in [-0.25, -0.2) is 0 Å². The van der Waals surface area contributed by atoms with Crippen LogP contribution in [0.15, 0.2) is 96.6 Å². The van der Waals surface area contributed by atoms with Crippen LogP contribution >= 0.6 is 23.2 Å². The summed E-state index contributed by atoms with van der Waals surface area (Å²) in [6.45, 7) is 0.376. The first kappa shape index (κ1) is 28.1. The molecule has 0 spiro atoms. The third-order valence-electron chi connectivity index (χ3n) is 6.72. The summed E-state index contributed by atoms with van der Waals surface area (Å²) in [4.78, 5) is 28.3. The van der Waals surface area contributed by atoms with Gasteiger partial charge in [-0.1, -0.05) is 83.9 Å². The van der Waals surface area contributed by atoms with E-state index in [9.17, 15) is 14.7 Å². The van der Waals surface area contributed by atoms with Crippen LogP contribution < -0.4 is 19.1 Å². The molecule has 1 aliphatic heterocycles. The maximum atomic E-state index is 13.5. The number of carbonyl (C=O) groups is 2. The number of methoxy groups -OCH3 is 2. The molecule has 1 heterocycles. The highest BCUT2D eigenvalue weighted by Gasteiger charge is 2.47. The number of aliphatic hydroxyl groups is 1. The van der Waals surface area contributed by atoms with Crippen molar-refractivity contribution in [3.8, 4) is 17.2 Å². The van der Waals surface area contributed by atoms with Crippen molar-refractivity contribution >= 4 is 46.3 Å². The largest absolute Gasteiger partial charge is 0.507 e. The summed E-state index contributed by atoms with van der Waals surface area (Å²) in [6, 6.07) is 25.9. The first-order valence-corrected chi connectivity index (χ1v) is 13.3. The maximum absolute atomic E-state index is 13.5. The minimum absolute atomic E-state index is 0.0119. The molecular formula is C32H25Cl2NO6. The molecule has 0 radical (unpaired) electrons. The van der Waals surface area contributed by atoms with Crippen molar-refractivity contribution in [3.05, 3.63) is 123 Å². The number of hydrogen-bond donors (Lipinski definition) is 1. The average Bonchev–Trinajstić information content (AvgIpc) is 3.26. The highest BCUT2D eigenvalue weighted by atomic mass is 35.5. The van der Waals surface area contributed by atoms with Crippen molar-refractivity contribution in [2.24, 2.45) is 0 Å². The molecule has 0 bridgehead atoms. The van der Waals surface area contributed by atoms with Gasteiger partial charge in [0.15, 0.2) is 11.5 Å². The van der Waals surface area contributed by atoms with Crippen LogP contribution in [0.5, 0.6) is 17.2 Å². The number of halogens is 2. The standard InChI is InChI=1S/C32H25Cl2NO6/c1-39-30-23(17-24(33)31(40-2)26(30)34)28(36)25-27(35(32(38)29(25)37)21-11-7-4-8-12-21)20-13-15-22(16-14-20)41-18-19-9-5-3-6-10-19/h3-17,27,36H,18H2,1-2H3/b28-25+. The lowest BCUT2D eigenvalue weighted by molar-refractivity contribution is -0.132. The lowest BCUT2D eigenvalue weighted by Crippen LogP contribution is -2.29. The predicted octanol–water partition coefficient (Wildman–Crippen LogP) is 7.22. The third kappa shape index (κ3) is 5.34. The zero-order chi connectivity index (χ0) is 29.1. The highest BCUT2D eigenvalue weighted by molar-refractivity contribution is 6.52. The highest BCUT2D eigenvalue weighted by Crippen LogP contribution is 2.48. The van der Waals surface area contributed by atoms with Gasteiger partial charge in [0.25, 0.3) is 11.7 Å². The van der Waals surface area contributed by atoms with E-state index in [-0.39, 0.29) is 32.7 Å². The van der Waals surface area contributed by atoms with Gasteiger partial charge in [-0.2, -0.15) is 0 Å². The van der Waals surface area contributed by atoms with Crippen LogP contribution in [-0.4, -0.2) is 31.0 Å². The van der Waals surface area contributed by atoms with E-state index < -0.39 is 23.5 Å². The summed E-state index contributed by atoms with van der Waals surface area (Å²) < 4.78 is 16.6. The Labute approximate surface area is 247 Å². The fourth-order valence-electron chi connectivity index (χ4n) is 4.78. The molecule has 4 aromatic rings. The SMILES string of the molecule is COc1c(Cl)cc(/C(O)=C2\C(=O)C(=O)N(c3ccccc3)C2c2ccc(OCc3ccccc3)cc2)c(OC)c1Cl. The summed E-state index contributed by atoms with van der Waals surface area (Å²) in [5, 5.41) is 11.7. The van der Waals surface area contributed by atoms with Gasteiger partial charge in [0.1, 0.15) is 23.1 Å². The van der Waals surface area contributed by atoms with Crippen LogP contribution in [0.25, 0.3) is 5.76 Å². The molecule has 1 saturated heterocycles. The Kier molecular flexibility index (Phi) is 8.19. The van der Waals surface area contributed by atoms with Crippen LogP contribution in [0, 0.1) is 0 Å². The second-order valence-corrected chi connectivity index (χ2v) is 9.92. The Morgan fingerprint density at radius 1 is 0.854 bits per heavy atom. The second kappa shape index (κ2) is 12.0. The Bertz CT molecular complexity index is 1620. The average molecular weight is 590 g/mol. The molecule has 1 aliphatic rings. The molecule has 0 saturated carbocycles. The van der Waals surface area contributed by atoms with Crippen molar-refractivity contribution in [3.63, 3.8) is 0 Å². The first-order valence-electron chi connectivity index (χ1n) is 12.6. The molecule has 1 amide bonds. The van der Waals surface area contributed by atoms with Crippen LogP contribution in [0.3, 0.4) is 0 Å². The molecule has 4 aromatic carbocycles. The second-order valence-electron chi connectivity index (χ2n) is 9.13. The van der Waals surface area contributed by atoms with Crippen molar-refractivity contribution in [2.45, 2.75) is 12.6 Å². The van der Waals surface area contributed by atoms with E-state index in [1.54, 1.807) is 54.6 Å². The molecule has 1 N–H and O–H groups in total. The molecule has 0 aliphatic carbocycles. The summed E-state index contributed by atoms with van der Waals surface area (Å²) in [5.74, 6) is -1.36. The minimum atomic E-state index is -0.968. The van der Waals surface area contributed by atoms with Gasteiger partial charge in [-0.3, -0.25) is 14.5 Å². The lowest BCUT2D eigenvalue weighted by Gasteiger charge is -2.26. The smallest absolute Gasteiger partial charge is 0.300 e. The van der Waals surface area contributed by atoms with Crippen molar-refractivity contribution in [1.29, 1.82) is 0 Å². The van der Waals surface area contributed by atoms with Gasteiger partial charge in [-0.15, -0.1) is 0 Å². The number of rotatable bonds is 8. The number of ether oxygens (including phenoxy) is 3. The summed E-state index contributed by atoms with van der Waals surface area (Å²) >= 11 is 12.8. The zero-order valence-electron chi connectivity index (χ0n) is 22.1. The van der Waals surface area contributed by atoms with E-state index in [2.05, 4.69) is 0 Å². The topological polar surface area (TPSA) is 85.3 Å². The van der Waals surface area contributed by atoms with Crippen molar-refractivity contribution < 1.29 is 28.9 Å². The molecule has 7 nitrogen and oxygen atoms in total. The molecule has 41 heavy (non-hydrogen) atoms. The molecule has 5 rings (SSSR count). The van der Waals surface area contributed by atoms with Crippen LogP contribution in [0.4, 0.5) is 5.69 Å². The van der Waals surface area contributed by atoms with Crippen LogP contribution in [0.2, 0.25) is 10.0 Å². The molecule has 1 fully saturated rings. The quantitative estimate of drug-likeness (QED) is 0.133. The van der Waals surface area contributed by atoms with E-state index in [4.69, 9.17) is 37.4 Å². The summed E-state index contributed by atoms with van der Waals surface area (Å²) in [7, 11) is 2.75. The molecule has 9 heteroatoms. The zero-order valence-corrected chi connectivity index (χ0v) is 23.6. The molecule has 0 aromatic heterocycles. The van der Waals surface area contributed by atoms with E-state index in [0.29, 0.717) is 23.6 Å². The fraction of sp³-hybridized carbons (Fsp3) is 0.125. The fourth-order valence-corrected chi connectivity index (χ4v) is 5.47. The van der Waals surface area contributed by atoms with E-state index >= 15 is 0 Å². The number of benzene rings is 4. The van der Waals surface area contributed by atoms with Gasteiger partial charge in [-0.05, 0) is 41.5 Å².